The molecule has 0 atom stereocenters. The average molecular weight is 248 g/mol. The third-order valence-corrected chi connectivity index (χ3v) is 2.87. The second kappa shape index (κ2) is 3.90. The number of hydrogen-bond acceptors (Lipinski definition) is 3. The normalized spacial score (nSPS) is 13.8. The fraction of sp³-hybridized carbons (Fsp3) is 0.167. The summed E-state index contributed by atoms with van der Waals surface area (Å²) >= 11 is 0. The monoisotopic (exact) mass is 248 g/mol. The van der Waals surface area contributed by atoms with Gasteiger partial charge in [0.2, 0.25) is 0 Å². The van der Waals surface area contributed by atoms with Crippen molar-refractivity contribution in [3.63, 3.8) is 0 Å². The first-order valence-corrected chi connectivity index (χ1v) is 5.41. The van der Waals surface area contributed by atoms with Gasteiger partial charge in [-0.05, 0) is 17.7 Å². The molecular formula is C12H10F2N4. The van der Waals surface area contributed by atoms with Crippen molar-refractivity contribution in [2.45, 2.75) is 13.1 Å². The van der Waals surface area contributed by atoms with Crippen LogP contribution in [0.5, 0.6) is 0 Å². The number of nitrogens with two attached hydrogens (primary N) is 1. The molecule has 0 aliphatic carbocycles. The molecule has 1 aromatic carbocycles. The van der Waals surface area contributed by atoms with Crippen LogP contribution in [-0.2, 0) is 6.54 Å². The molecule has 1 aliphatic heterocycles. The van der Waals surface area contributed by atoms with Crippen LogP contribution in [0.1, 0.15) is 23.2 Å². The number of hydrogen-bond donors (Lipinski definition) is 1. The average Bonchev–Trinajstić information content (AvgIpc) is 2.93. The SMILES string of the molecule is Nc1ccc2c(c1)C(c1cnn(C(F)F)c1)=NC2. The first kappa shape index (κ1) is 10.9. The summed E-state index contributed by atoms with van der Waals surface area (Å²) in [6.45, 7) is -2.09. The highest BCUT2D eigenvalue weighted by Crippen LogP contribution is 2.25. The zero-order valence-corrected chi connectivity index (χ0v) is 9.35. The van der Waals surface area contributed by atoms with E-state index >= 15 is 0 Å². The van der Waals surface area contributed by atoms with Crippen molar-refractivity contribution in [3.8, 4) is 0 Å². The van der Waals surface area contributed by atoms with Crippen LogP contribution in [0.15, 0.2) is 35.6 Å². The van der Waals surface area contributed by atoms with Gasteiger partial charge in [0.05, 0.1) is 18.5 Å². The predicted molar refractivity (Wildman–Crippen MR) is 63.7 cm³/mol. The number of fused-ring (bicyclic) bond motifs is 1. The van der Waals surface area contributed by atoms with Crippen LogP contribution in [0.4, 0.5) is 14.5 Å². The van der Waals surface area contributed by atoms with Gasteiger partial charge in [0.1, 0.15) is 0 Å². The zero-order valence-electron chi connectivity index (χ0n) is 9.35. The number of nitrogens with zero attached hydrogens (tertiary/aromatic N) is 3. The van der Waals surface area contributed by atoms with E-state index in [1.807, 2.05) is 6.07 Å². The van der Waals surface area contributed by atoms with Gasteiger partial charge in [-0.25, -0.2) is 4.68 Å². The Labute approximate surface area is 102 Å². The molecule has 0 unspecified atom stereocenters. The Morgan fingerprint density at radius 1 is 1.33 bits per heavy atom. The second-order valence-corrected chi connectivity index (χ2v) is 4.07. The quantitative estimate of drug-likeness (QED) is 0.828. The Morgan fingerprint density at radius 2 is 2.17 bits per heavy atom. The Hall–Kier alpha value is -2.24. The lowest BCUT2D eigenvalue weighted by Gasteiger charge is -2.02. The number of halogens is 2. The molecule has 0 spiro atoms. The fourth-order valence-electron chi connectivity index (χ4n) is 2.02. The molecule has 1 aromatic heterocycles. The van der Waals surface area contributed by atoms with Gasteiger partial charge in [0.15, 0.2) is 0 Å². The molecule has 2 N–H and O–H groups in total. The van der Waals surface area contributed by atoms with Crippen molar-refractivity contribution >= 4 is 11.4 Å². The van der Waals surface area contributed by atoms with Crippen molar-refractivity contribution in [2.24, 2.45) is 4.99 Å². The number of alkyl halides is 2. The minimum Gasteiger partial charge on any atom is -0.399 e. The van der Waals surface area contributed by atoms with Crippen molar-refractivity contribution < 1.29 is 8.78 Å². The molecule has 0 saturated heterocycles. The summed E-state index contributed by atoms with van der Waals surface area (Å²) in [6, 6.07) is 5.51. The first-order valence-electron chi connectivity index (χ1n) is 5.41. The minimum atomic E-state index is -2.64. The third kappa shape index (κ3) is 1.66. The summed E-state index contributed by atoms with van der Waals surface area (Å²) in [4.78, 5) is 4.35. The van der Waals surface area contributed by atoms with Crippen LogP contribution in [0.2, 0.25) is 0 Å². The van der Waals surface area contributed by atoms with Crippen LogP contribution >= 0.6 is 0 Å². The van der Waals surface area contributed by atoms with E-state index < -0.39 is 6.55 Å². The lowest BCUT2D eigenvalue weighted by Crippen LogP contribution is -2.01. The van der Waals surface area contributed by atoms with Gasteiger partial charge >= 0.3 is 6.55 Å². The molecule has 2 heterocycles. The molecular weight excluding hydrogens is 238 g/mol. The van der Waals surface area contributed by atoms with E-state index in [1.165, 1.54) is 12.4 Å². The van der Waals surface area contributed by atoms with E-state index in [-0.39, 0.29) is 0 Å². The number of benzene rings is 1. The smallest absolute Gasteiger partial charge is 0.333 e. The molecule has 0 fully saturated rings. The van der Waals surface area contributed by atoms with Gasteiger partial charge in [-0.2, -0.15) is 13.9 Å². The zero-order chi connectivity index (χ0) is 12.7. The van der Waals surface area contributed by atoms with Crippen molar-refractivity contribution in [3.05, 3.63) is 47.3 Å². The van der Waals surface area contributed by atoms with Crippen molar-refractivity contribution in [1.82, 2.24) is 9.78 Å². The second-order valence-electron chi connectivity index (χ2n) is 4.07. The molecule has 3 rings (SSSR count). The lowest BCUT2D eigenvalue weighted by molar-refractivity contribution is 0.0566. The Bertz CT molecular complexity index is 631. The highest BCUT2D eigenvalue weighted by atomic mass is 19.3. The van der Waals surface area contributed by atoms with E-state index in [1.54, 1.807) is 12.1 Å². The summed E-state index contributed by atoms with van der Waals surface area (Å²) in [7, 11) is 0. The predicted octanol–water partition coefficient (Wildman–Crippen LogP) is 2.21. The number of nitrogen functional groups attached to an aromatic ring is 1. The topological polar surface area (TPSA) is 56.2 Å². The Morgan fingerprint density at radius 3 is 2.89 bits per heavy atom. The molecule has 92 valence electrons. The van der Waals surface area contributed by atoms with E-state index in [0.717, 1.165) is 11.1 Å². The maximum Gasteiger partial charge on any atom is 0.333 e. The van der Waals surface area contributed by atoms with Crippen LogP contribution in [-0.4, -0.2) is 15.5 Å². The van der Waals surface area contributed by atoms with E-state index in [4.69, 9.17) is 5.73 Å². The molecule has 6 heteroatoms. The summed E-state index contributed by atoms with van der Waals surface area (Å²) in [5.74, 6) is 0. The van der Waals surface area contributed by atoms with E-state index in [2.05, 4.69) is 10.1 Å². The lowest BCUT2D eigenvalue weighted by atomic mass is 10.0. The summed E-state index contributed by atoms with van der Waals surface area (Å²) in [6.07, 6.45) is 2.69. The highest BCUT2D eigenvalue weighted by Gasteiger charge is 2.19. The third-order valence-electron chi connectivity index (χ3n) is 2.87. The molecule has 0 bridgehead atoms. The molecule has 4 nitrogen and oxygen atoms in total. The van der Waals surface area contributed by atoms with Crippen LogP contribution in [0, 0.1) is 0 Å². The van der Waals surface area contributed by atoms with Crippen molar-refractivity contribution in [1.29, 1.82) is 0 Å². The maximum atomic E-state index is 12.5. The number of rotatable bonds is 2. The molecule has 0 saturated carbocycles. The van der Waals surface area contributed by atoms with Gasteiger partial charge < -0.3 is 5.73 Å². The molecule has 0 amide bonds. The van der Waals surface area contributed by atoms with Crippen molar-refractivity contribution in [2.75, 3.05) is 5.73 Å². The van der Waals surface area contributed by atoms with E-state index in [0.29, 0.717) is 28.2 Å². The Balaban J connectivity index is 2.02. The molecule has 18 heavy (non-hydrogen) atoms. The van der Waals surface area contributed by atoms with E-state index in [9.17, 15) is 8.78 Å². The molecule has 1 aliphatic rings. The summed E-state index contributed by atoms with van der Waals surface area (Å²) in [5, 5.41) is 3.61. The van der Waals surface area contributed by atoms with Gasteiger partial charge in [-0.3, -0.25) is 4.99 Å². The first-order chi connectivity index (χ1) is 8.65. The van der Waals surface area contributed by atoms with Gasteiger partial charge in [-0.1, -0.05) is 6.07 Å². The highest BCUT2D eigenvalue weighted by molar-refractivity contribution is 6.15. The number of aromatic nitrogens is 2. The van der Waals surface area contributed by atoms with Crippen LogP contribution in [0.25, 0.3) is 0 Å². The maximum absolute atomic E-state index is 12.5. The molecule has 2 aromatic rings. The number of anilines is 1. The van der Waals surface area contributed by atoms with Gasteiger partial charge in [-0.15, -0.1) is 0 Å². The van der Waals surface area contributed by atoms with Crippen LogP contribution < -0.4 is 5.73 Å². The van der Waals surface area contributed by atoms with Crippen LogP contribution in [0.3, 0.4) is 0 Å². The largest absolute Gasteiger partial charge is 0.399 e. The summed E-state index contributed by atoms with van der Waals surface area (Å²) in [5.41, 5.74) is 9.55. The van der Waals surface area contributed by atoms with Gasteiger partial charge in [0.25, 0.3) is 0 Å². The Kier molecular flexibility index (Phi) is 2.36. The fourth-order valence-corrected chi connectivity index (χ4v) is 2.02. The minimum absolute atomic E-state index is 0.546. The van der Waals surface area contributed by atoms with Gasteiger partial charge in [0, 0.05) is 23.0 Å². The molecule has 0 radical (unpaired) electrons. The summed E-state index contributed by atoms with van der Waals surface area (Å²) < 4.78 is 25.5. The number of aliphatic imine (C=N–C) groups is 1. The standard InChI is InChI=1S/C12H10F2N4/c13-12(14)18-6-8(5-17-18)11-10-3-9(15)2-1-7(10)4-16-11/h1-3,5-6,12H,4,15H2.